The van der Waals surface area contributed by atoms with Crippen molar-refractivity contribution in [1.82, 2.24) is 19.6 Å². The van der Waals surface area contributed by atoms with Gasteiger partial charge in [0.25, 0.3) is 5.56 Å². The summed E-state index contributed by atoms with van der Waals surface area (Å²) < 4.78 is 46.7. The predicted molar refractivity (Wildman–Crippen MR) is 135 cm³/mol. The van der Waals surface area contributed by atoms with Gasteiger partial charge in [-0.3, -0.25) is 13.9 Å². The van der Waals surface area contributed by atoms with Crippen molar-refractivity contribution in [3.63, 3.8) is 0 Å². The van der Waals surface area contributed by atoms with E-state index in [0.29, 0.717) is 23.3 Å². The SMILES string of the molecule is Cc1c(CN(NC(=O)OC(C)(C)C)C(N)=O)sc2c1c(=O)n(C1CC3(CCC3)C1)c(=O)n2CCC(F)(F)F. The Balaban J connectivity index is 1.74. The molecule has 0 radical (unpaired) electrons. The molecule has 2 saturated carbocycles. The number of aromatic nitrogens is 2. The molecular formula is C24H32F3N5O5S. The maximum absolute atomic E-state index is 13.6. The van der Waals surface area contributed by atoms with Gasteiger partial charge in [-0.05, 0) is 64.4 Å². The average molecular weight is 560 g/mol. The number of aryl methyl sites for hydroxylation is 2. The van der Waals surface area contributed by atoms with Crippen LogP contribution in [0.5, 0.6) is 0 Å². The molecule has 0 aromatic carbocycles. The third-order valence-electron chi connectivity index (χ3n) is 7.27. The third-order valence-corrected chi connectivity index (χ3v) is 8.57. The maximum atomic E-state index is 13.6. The Hall–Kier alpha value is -3.03. The largest absolute Gasteiger partial charge is 0.443 e. The van der Waals surface area contributed by atoms with Crippen LogP contribution in [0.2, 0.25) is 0 Å². The molecular weight excluding hydrogens is 527 g/mol. The van der Waals surface area contributed by atoms with Crippen LogP contribution in [0.15, 0.2) is 9.59 Å². The summed E-state index contributed by atoms with van der Waals surface area (Å²) in [4.78, 5) is 51.7. The maximum Gasteiger partial charge on any atom is 0.426 e. The number of carbonyl (C=O) groups excluding carboxylic acids is 2. The fraction of sp³-hybridized carbons (Fsp3) is 0.667. The Labute approximate surface area is 220 Å². The fourth-order valence-corrected chi connectivity index (χ4v) is 6.56. The molecule has 2 heterocycles. The lowest BCUT2D eigenvalue weighted by atomic mass is 9.54. The predicted octanol–water partition coefficient (Wildman–Crippen LogP) is 4.31. The molecule has 2 fully saturated rings. The summed E-state index contributed by atoms with van der Waals surface area (Å²) in [5.74, 6) is 0. The molecule has 2 aromatic rings. The lowest BCUT2D eigenvalue weighted by Crippen LogP contribution is -2.51. The summed E-state index contributed by atoms with van der Waals surface area (Å²) in [7, 11) is 0. The molecule has 2 aliphatic rings. The van der Waals surface area contributed by atoms with Crippen molar-refractivity contribution in [1.29, 1.82) is 0 Å². The minimum absolute atomic E-state index is 0.0902. The van der Waals surface area contributed by atoms with Crippen molar-refractivity contribution in [2.45, 2.75) is 97.1 Å². The quantitative estimate of drug-likeness (QED) is 0.528. The molecule has 0 unspecified atom stereocenters. The van der Waals surface area contributed by atoms with Gasteiger partial charge in [-0.25, -0.2) is 24.8 Å². The van der Waals surface area contributed by atoms with Gasteiger partial charge in [-0.15, -0.1) is 11.3 Å². The van der Waals surface area contributed by atoms with Gasteiger partial charge in [0.05, 0.1) is 18.4 Å². The van der Waals surface area contributed by atoms with E-state index in [9.17, 15) is 32.3 Å². The summed E-state index contributed by atoms with van der Waals surface area (Å²) in [6.45, 7) is 5.58. The number of thiophene rings is 1. The monoisotopic (exact) mass is 559 g/mol. The van der Waals surface area contributed by atoms with Crippen LogP contribution in [0.4, 0.5) is 22.8 Å². The van der Waals surface area contributed by atoms with Crippen molar-refractivity contribution in [2.24, 2.45) is 11.1 Å². The van der Waals surface area contributed by atoms with Crippen LogP contribution in [0, 0.1) is 12.3 Å². The first kappa shape index (κ1) is 28.0. The molecule has 4 rings (SSSR count). The van der Waals surface area contributed by atoms with Gasteiger partial charge in [-0.2, -0.15) is 13.2 Å². The minimum Gasteiger partial charge on any atom is -0.443 e. The average Bonchev–Trinajstić information content (AvgIpc) is 3.01. The zero-order valence-electron chi connectivity index (χ0n) is 21.7. The van der Waals surface area contributed by atoms with E-state index < -0.39 is 48.1 Å². The molecule has 14 heteroatoms. The molecule has 1 spiro atoms. The topological polar surface area (TPSA) is 129 Å². The van der Waals surface area contributed by atoms with E-state index in [1.54, 1.807) is 27.7 Å². The second-order valence-corrected chi connectivity index (χ2v) is 12.3. The summed E-state index contributed by atoms with van der Waals surface area (Å²) in [5.41, 5.74) is 6.04. The van der Waals surface area contributed by atoms with Crippen molar-refractivity contribution in [3.05, 3.63) is 31.3 Å². The smallest absolute Gasteiger partial charge is 0.426 e. The number of fused-ring (bicyclic) bond motifs is 1. The number of rotatable bonds is 5. The molecule has 210 valence electrons. The molecule has 0 atom stereocenters. The van der Waals surface area contributed by atoms with Gasteiger partial charge in [0.15, 0.2) is 0 Å². The van der Waals surface area contributed by atoms with Crippen molar-refractivity contribution < 1.29 is 27.5 Å². The first-order valence-electron chi connectivity index (χ1n) is 12.4. The van der Waals surface area contributed by atoms with Crippen LogP contribution in [-0.2, 0) is 17.8 Å². The van der Waals surface area contributed by atoms with Gasteiger partial charge in [0, 0.05) is 17.5 Å². The molecule has 3 N–H and O–H groups in total. The standard InChI is InChI=1S/C24H32F3N5O5S/c1-13-15(12-31(19(28)34)29-20(35)37-22(2,3)4)38-18-16(13)17(33)32(14-10-23(11-14)6-5-7-23)21(36)30(18)9-8-24(25,26)27/h14H,5-12H2,1-4H3,(H2,28,34)(H,29,35). The number of nitrogens with zero attached hydrogens (tertiary/aromatic N) is 3. The Morgan fingerprint density at radius 3 is 2.34 bits per heavy atom. The molecule has 0 bridgehead atoms. The van der Waals surface area contributed by atoms with Crippen molar-refractivity contribution >= 4 is 33.7 Å². The fourth-order valence-electron chi connectivity index (χ4n) is 5.25. The molecule has 38 heavy (non-hydrogen) atoms. The van der Waals surface area contributed by atoms with Crippen LogP contribution in [0.25, 0.3) is 10.2 Å². The number of nitrogens with one attached hydrogen (secondary N) is 1. The van der Waals surface area contributed by atoms with E-state index in [2.05, 4.69) is 5.43 Å². The highest BCUT2D eigenvalue weighted by molar-refractivity contribution is 7.18. The highest BCUT2D eigenvalue weighted by Crippen LogP contribution is 2.59. The van der Waals surface area contributed by atoms with Gasteiger partial charge in [-0.1, -0.05) is 6.42 Å². The second-order valence-electron chi connectivity index (χ2n) is 11.3. The Kier molecular flexibility index (Phi) is 7.08. The zero-order chi connectivity index (χ0) is 28.2. The number of hydrogen-bond acceptors (Lipinski definition) is 6. The number of alkyl halides is 3. The zero-order valence-corrected chi connectivity index (χ0v) is 22.6. The number of amides is 3. The van der Waals surface area contributed by atoms with E-state index in [1.807, 2.05) is 0 Å². The number of hydrazine groups is 1. The number of hydrogen-bond donors (Lipinski definition) is 2. The molecule has 0 aliphatic heterocycles. The first-order chi connectivity index (χ1) is 17.5. The minimum atomic E-state index is -4.51. The van der Waals surface area contributed by atoms with E-state index >= 15 is 0 Å². The number of carbonyl (C=O) groups is 2. The summed E-state index contributed by atoms with van der Waals surface area (Å²) in [5, 5.41) is 0.914. The Morgan fingerprint density at radius 2 is 1.84 bits per heavy atom. The molecule has 2 aliphatic carbocycles. The van der Waals surface area contributed by atoms with Crippen LogP contribution >= 0.6 is 11.3 Å². The third kappa shape index (κ3) is 5.54. The van der Waals surface area contributed by atoms with Crippen LogP contribution < -0.4 is 22.4 Å². The van der Waals surface area contributed by atoms with E-state index in [1.165, 1.54) is 0 Å². The Bertz CT molecular complexity index is 1380. The summed E-state index contributed by atoms with van der Waals surface area (Å²) in [6, 6.07) is -1.38. The van der Waals surface area contributed by atoms with Crippen LogP contribution in [0.3, 0.4) is 0 Å². The van der Waals surface area contributed by atoms with Gasteiger partial charge >= 0.3 is 24.0 Å². The highest BCUT2D eigenvalue weighted by atomic mass is 32.1. The van der Waals surface area contributed by atoms with E-state index in [-0.39, 0.29) is 28.2 Å². The Morgan fingerprint density at radius 1 is 1.21 bits per heavy atom. The normalized spacial score (nSPS) is 17.2. The summed E-state index contributed by atoms with van der Waals surface area (Å²) in [6.07, 6.45) is -2.23. The van der Waals surface area contributed by atoms with Crippen molar-refractivity contribution in [2.75, 3.05) is 0 Å². The molecule has 3 amide bonds. The lowest BCUT2D eigenvalue weighted by Gasteiger charge is -2.54. The van der Waals surface area contributed by atoms with Gasteiger partial charge in [0.1, 0.15) is 10.4 Å². The summed E-state index contributed by atoms with van der Waals surface area (Å²) >= 11 is 0.918. The van der Waals surface area contributed by atoms with Crippen LogP contribution in [-0.4, -0.2) is 38.0 Å². The number of urea groups is 1. The molecule has 10 nitrogen and oxygen atoms in total. The van der Waals surface area contributed by atoms with Crippen LogP contribution in [0.1, 0.15) is 75.8 Å². The first-order valence-corrected chi connectivity index (χ1v) is 13.2. The number of halogens is 3. The van der Waals surface area contributed by atoms with E-state index in [0.717, 1.165) is 44.7 Å². The highest BCUT2D eigenvalue weighted by Gasteiger charge is 2.49. The number of primary amides is 1. The lowest BCUT2D eigenvalue weighted by molar-refractivity contribution is -0.136. The second kappa shape index (κ2) is 9.62. The molecule has 2 aromatic heterocycles. The van der Waals surface area contributed by atoms with E-state index in [4.69, 9.17) is 10.5 Å². The van der Waals surface area contributed by atoms with Gasteiger partial charge < -0.3 is 10.5 Å². The number of nitrogens with two attached hydrogens (primary N) is 1. The number of ether oxygens (including phenoxy) is 1. The van der Waals surface area contributed by atoms with Crippen molar-refractivity contribution in [3.8, 4) is 0 Å². The van der Waals surface area contributed by atoms with Gasteiger partial charge in [0.2, 0.25) is 0 Å². The molecule has 0 saturated heterocycles.